The largest absolute Gasteiger partial charge is 0.493 e. The number of amides is 1. The Bertz CT molecular complexity index is 728. The first-order chi connectivity index (χ1) is 11.7. The number of carbonyl (C=O) groups excluding carboxylic acids is 1. The zero-order valence-corrected chi connectivity index (χ0v) is 14.9. The molecule has 6 heteroatoms. The maximum absolute atomic E-state index is 12.8. The molecule has 1 atom stereocenters. The van der Waals surface area contributed by atoms with E-state index >= 15 is 0 Å². The quantitative estimate of drug-likeness (QED) is 0.765. The topological polar surface area (TPSA) is 51.9 Å². The zero-order valence-electron chi connectivity index (χ0n) is 14.1. The van der Waals surface area contributed by atoms with E-state index in [0.29, 0.717) is 17.3 Å². The summed E-state index contributed by atoms with van der Waals surface area (Å²) in [5, 5.41) is 0.750. The van der Waals surface area contributed by atoms with Crippen molar-refractivity contribution < 1.29 is 18.7 Å². The second-order valence-corrected chi connectivity index (χ2v) is 6.40. The number of methoxy groups -OCH3 is 2. The number of hydrogen-bond donors (Lipinski definition) is 0. The Kier molecular flexibility index (Phi) is 5.04. The van der Waals surface area contributed by atoms with E-state index in [1.165, 1.54) is 11.8 Å². The predicted octanol–water partition coefficient (Wildman–Crippen LogP) is 4.00. The third-order valence-corrected chi connectivity index (χ3v) is 4.92. The van der Waals surface area contributed by atoms with E-state index in [1.807, 2.05) is 35.4 Å². The third-order valence-electron chi connectivity index (χ3n) is 4.30. The van der Waals surface area contributed by atoms with Gasteiger partial charge in [-0.15, -0.1) is 0 Å². The molecule has 1 amide bonds. The van der Waals surface area contributed by atoms with Gasteiger partial charge in [-0.25, -0.2) is 0 Å². The SMILES string of the molecule is COc1ccc([C@H]2CCCN2C(=O)c2ccc(SC)o2)cc1OC. The van der Waals surface area contributed by atoms with Crippen LogP contribution in [0.15, 0.2) is 39.8 Å². The summed E-state index contributed by atoms with van der Waals surface area (Å²) in [5.41, 5.74) is 1.05. The fourth-order valence-electron chi connectivity index (χ4n) is 3.10. The van der Waals surface area contributed by atoms with Gasteiger partial charge < -0.3 is 18.8 Å². The highest BCUT2D eigenvalue weighted by Gasteiger charge is 2.32. The van der Waals surface area contributed by atoms with Gasteiger partial charge in [0.15, 0.2) is 22.4 Å². The van der Waals surface area contributed by atoms with Crippen LogP contribution in [0, 0.1) is 0 Å². The number of ether oxygens (including phenoxy) is 2. The molecule has 0 aliphatic carbocycles. The lowest BCUT2D eigenvalue weighted by Crippen LogP contribution is -2.30. The number of furan rings is 1. The molecule has 1 aromatic carbocycles. The number of nitrogens with zero attached hydrogens (tertiary/aromatic N) is 1. The summed E-state index contributed by atoms with van der Waals surface area (Å²) in [4.78, 5) is 14.7. The molecule has 1 aromatic heterocycles. The minimum atomic E-state index is -0.0624. The number of carbonyl (C=O) groups is 1. The standard InChI is InChI=1S/C18H21NO4S/c1-21-14-7-6-12(11-16(14)22-2)13-5-4-10-19(13)18(20)15-8-9-17(23-15)24-3/h6-9,11,13H,4-5,10H2,1-3H3/t13-/m1/s1. The molecule has 0 N–H and O–H groups in total. The third kappa shape index (κ3) is 3.11. The Morgan fingerprint density at radius 3 is 2.67 bits per heavy atom. The lowest BCUT2D eigenvalue weighted by Gasteiger charge is -2.25. The molecule has 1 saturated heterocycles. The average Bonchev–Trinajstić information content (AvgIpc) is 3.29. The minimum absolute atomic E-state index is 0.0279. The maximum Gasteiger partial charge on any atom is 0.290 e. The summed E-state index contributed by atoms with van der Waals surface area (Å²) in [5.74, 6) is 1.70. The van der Waals surface area contributed by atoms with E-state index < -0.39 is 0 Å². The van der Waals surface area contributed by atoms with Crippen molar-refractivity contribution in [3.8, 4) is 11.5 Å². The normalized spacial score (nSPS) is 17.1. The molecule has 1 aliphatic heterocycles. The van der Waals surface area contributed by atoms with Crippen molar-refractivity contribution in [3.05, 3.63) is 41.7 Å². The van der Waals surface area contributed by atoms with Gasteiger partial charge in [0, 0.05) is 6.54 Å². The van der Waals surface area contributed by atoms with Crippen molar-refractivity contribution in [3.63, 3.8) is 0 Å². The summed E-state index contributed by atoms with van der Waals surface area (Å²) in [6, 6.07) is 9.43. The van der Waals surface area contributed by atoms with Crippen molar-refractivity contribution >= 4 is 17.7 Å². The average molecular weight is 347 g/mol. The van der Waals surface area contributed by atoms with Crippen LogP contribution in [0.5, 0.6) is 11.5 Å². The van der Waals surface area contributed by atoms with Crippen molar-refractivity contribution in [1.29, 1.82) is 0 Å². The van der Waals surface area contributed by atoms with Crippen LogP contribution in [0.1, 0.15) is 35.0 Å². The van der Waals surface area contributed by atoms with Gasteiger partial charge in [-0.1, -0.05) is 17.8 Å². The maximum atomic E-state index is 12.8. The van der Waals surface area contributed by atoms with E-state index in [0.717, 1.165) is 30.0 Å². The number of thioether (sulfide) groups is 1. The molecular weight excluding hydrogens is 326 g/mol. The van der Waals surface area contributed by atoms with Crippen LogP contribution < -0.4 is 9.47 Å². The summed E-state index contributed by atoms with van der Waals surface area (Å²) in [7, 11) is 3.23. The highest BCUT2D eigenvalue weighted by Crippen LogP contribution is 2.37. The molecule has 128 valence electrons. The zero-order chi connectivity index (χ0) is 17.1. The highest BCUT2D eigenvalue weighted by atomic mass is 32.2. The smallest absolute Gasteiger partial charge is 0.290 e. The second-order valence-electron chi connectivity index (χ2n) is 5.59. The summed E-state index contributed by atoms with van der Waals surface area (Å²) < 4.78 is 16.3. The molecule has 0 unspecified atom stereocenters. The fraction of sp³-hybridized carbons (Fsp3) is 0.389. The van der Waals surface area contributed by atoms with Gasteiger partial charge >= 0.3 is 0 Å². The minimum Gasteiger partial charge on any atom is -0.493 e. The Balaban J connectivity index is 1.86. The van der Waals surface area contributed by atoms with Gasteiger partial charge in [-0.3, -0.25) is 4.79 Å². The van der Waals surface area contributed by atoms with Gasteiger partial charge in [0.2, 0.25) is 0 Å². The molecule has 1 fully saturated rings. The fourth-order valence-corrected chi connectivity index (χ4v) is 3.48. The molecule has 0 bridgehead atoms. The van der Waals surface area contributed by atoms with Crippen LogP contribution in [0.4, 0.5) is 0 Å². The highest BCUT2D eigenvalue weighted by molar-refractivity contribution is 7.98. The molecule has 2 heterocycles. The van der Waals surface area contributed by atoms with Gasteiger partial charge in [0.25, 0.3) is 5.91 Å². The van der Waals surface area contributed by atoms with E-state index in [-0.39, 0.29) is 11.9 Å². The van der Waals surface area contributed by atoms with Crippen LogP contribution in [0.2, 0.25) is 0 Å². The van der Waals surface area contributed by atoms with Gasteiger partial charge in [-0.05, 0) is 48.9 Å². The predicted molar refractivity (Wildman–Crippen MR) is 93.0 cm³/mol. The first-order valence-corrected chi connectivity index (χ1v) is 9.07. The molecule has 0 spiro atoms. The van der Waals surface area contributed by atoms with E-state index in [4.69, 9.17) is 13.9 Å². The van der Waals surface area contributed by atoms with Crippen LogP contribution >= 0.6 is 11.8 Å². The van der Waals surface area contributed by atoms with Gasteiger partial charge in [-0.2, -0.15) is 0 Å². The van der Waals surface area contributed by atoms with E-state index in [9.17, 15) is 4.79 Å². The lowest BCUT2D eigenvalue weighted by atomic mass is 10.0. The van der Waals surface area contributed by atoms with Crippen LogP contribution in [-0.4, -0.2) is 37.8 Å². The molecule has 24 heavy (non-hydrogen) atoms. The number of hydrogen-bond acceptors (Lipinski definition) is 5. The van der Waals surface area contributed by atoms with E-state index in [1.54, 1.807) is 20.3 Å². The van der Waals surface area contributed by atoms with Crippen molar-refractivity contribution in [2.75, 3.05) is 27.0 Å². The first kappa shape index (κ1) is 16.8. The molecule has 1 aliphatic rings. The number of likely N-dealkylation sites (tertiary alicyclic amines) is 1. The Morgan fingerprint density at radius 1 is 1.21 bits per heavy atom. The number of rotatable bonds is 5. The molecule has 0 radical (unpaired) electrons. The Labute approximate surface area is 145 Å². The van der Waals surface area contributed by atoms with E-state index in [2.05, 4.69) is 0 Å². The Morgan fingerprint density at radius 2 is 2.00 bits per heavy atom. The molecular formula is C18H21NO4S. The van der Waals surface area contributed by atoms with Crippen LogP contribution in [0.3, 0.4) is 0 Å². The monoisotopic (exact) mass is 347 g/mol. The molecule has 0 saturated carbocycles. The summed E-state index contributed by atoms with van der Waals surface area (Å²) in [6.07, 6.45) is 3.83. The van der Waals surface area contributed by atoms with Crippen molar-refractivity contribution in [1.82, 2.24) is 4.90 Å². The first-order valence-electron chi connectivity index (χ1n) is 7.84. The molecule has 5 nitrogen and oxygen atoms in total. The molecule has 2 aromatic rings. The van der Waals surface area contributed by atoms with Gasteiger partial charge in [0.1, 0.15) is 0 Å². The van der Waals surface area contributed by atoms with Crippen LogP contribution in [0.25, 0.3) is 0 Å². The van der Waals surface area contributed by atoms with Gasteiger partial charge in [0.05, 0.1) is 20.3 Å². The Hall–Kier alpha value is -2.08. The van der Waals surface area contributed by atoms with Crippen LogP contribution in [-0.2, 0) is 0 Å². The van der Waals surface area contributed by atoms with Crippen molar-refractivity contribution in [2.24, 2.45) is 0 Å². The number of benzene rings is 1. The summed E-state index contributed by atoms with van der Waals surface area (Å²) in [6.45, 7) is 0.729. The summed E-state index contributed by atoms with van der Waals surface area (Å²) >= 11 is 1.49. The lowest BCUT2D eigenvalue weighted by molar-refractivity contribution is 0.0697. The molecule has 3 rings (SSSR count). The second kappa shape index (κ2) is 7.21. The van der Waals surface area contributed by atoms with Crippen molar-refractivity contribution in [2.45, 2.75) is 24.0 Å².